The zero-order valence-electron chi connectivity index (χ0n) is 21.2. The molecule has 0 bridgehead atoms. The first-order valence-corrected chi connectivity index (χ1v) is 14.0. The van der Waals surface area contributed by atoms with Crippen molar-refractivity contribution in [3.05, 3.63) is 95.0 Å². The van der Waals surface area contributed by atoms with Crippen LogP contribution in [0.1, 0.15) is 31.4 Å². The normalized spacial score (nSPS) is 12.0. The number of rotatable bonds is 11. The number of nitrogens with zero attached hydrogens (tertiary/aromatic N) is 2. The number of carbonyl (C=O) groups is 2. The van der Waals surface area contributed by atoms with Gasteiger partial charge in [0.15, 0.2) is 0 Å². The van der Waals surface area contributed by atoms with Crippen molar-refractivity contribution in [1.82, 2.24) is 10.2 Å². The molecule has 0 saturated carbocycles. The van der Waals surface area contributed by atoms with E-state index in [2.05, 4.69) is 5.32 Å². The number of benzene rings is 3. The molecule has 196 valence electrons. The first-order chi connectivity index (χ1) is 17.7. The molecule has 0 radical (unpaired) electrons. The fraction of sp³-hybridized carbons (Fsp3) is 0.286. The van der Waals surface area contributed by atoms with Crippen LogP contribution in [0.3, 0.4) is 0 Å². The van der Waals surface area contributed by atoms with Gasteiger partial charge in [0.05, 0.1) is 10.6 Å². The first kappa shape index (κ1) is 28.2. The van der Waals surface area contributed by atoms with Crippen LogP contribution >= 0.6 is 11.6 Å². The Kier molecular flexibility index (Phi) is 9.72. The van der Waals surface area contributed by atoms with Crippen LogP contribution < -0.4 is 9.62 Å². The Morgan fingerprint density at radius 3 is 2.14 bits per heavy atom. The summed E-state index contributed by atoms with van der Waals surface area (Å²) in [6.07, 6.45) is 0.367. The minimum Gasteiger partial charge on any atom is -0.355 e. The van der Waals surface area contributed by atoms with Crippen LogP contribution in [0.4, 0.5) is 5.69 Å². The fourth-order valence-corrected chi connectivity index (χ4v) is 5.58. The molecule has 3 aromatic rings. The van der Waals surface area contributed by atoms with Crippen LogP contribution in [0.25, 0.3) is 0 Å². The van der Waals surface area contributed by atoms with Gasteiger partial charge in [-0.05, 0) is 55.7 Å². The van der Waals surface area contributed by atoms with Gasteiger partial charge in [-0.15, -0.1) is 0 Å². The van der Waals surface area contributed by atoms with Crippen LogP contribution in [0.2, 0.25) is 5.02 Å². The molecule has 1 unspecified atom stereocenters. The number of hydrogen-bond donors (Lipinski definition) is 1. The van der Waals surface area contributed by atoms with Crippen molar-refractivity contribution >= 4 is 39.1 Å². The Morgan fingerprint density at radius 1 is 0.946 bits per heavy atom. The standard InChI is InChI=1S/C28H32ClN3O4S/c1-4-26(28(34)30-5-2)31(19-22-12-8-6-9-13-22)27(33)20-32(23-17-16-21(3)25(29)18-23)37(35,36)24-14-10-7-11-15-24/h6-18,26H,4-5,19-20H2,1-3H3,(H,30,34). The van der Waals surface area contributed by atoms with Gasteiger partial charge in [-0.3, -0.25) is 13.9 Å². The van der Waals surface area contributed by atoms with Gasteiger partial charge >= 0.3 is 0 Å². The van der Waals surface area contributed by atoms with E-state index in [1.165, 1.54) is 23.1 Å². The largest absolute Gasteiger partial charge is 0.355 e. The van der Waals surface area contributed by atoms with Gasteiger partial charge in [0.2, 0.25) is 11.8 Å². The van der Waals surface area contributed by atoms with Crippen molar-refractivity contribution in [2.45, 2.75) is 44.7 Å². The molecule has 0 aliphatic rings. The van der Waals surface area contributed by atoms with Crippen molar-refractivity contribution in [2.75, 3.05) is 17.4 Å². The Bertz CT molecular complexity index is 1320. The van der Waals surface area contributed by atoms with Gasteiger partial charge in [-0.2, -0.15) is 0 Å². The predicted molar refractivity (Wildman–Crippen MR) is 147 cm³/mol. The van der Waals surface area contributed by atoms with E-state index in [1.807, 2.05) is 51.1 Å². The number of carbonyl (C=O) groups excluding carboxylic acids is 2. The molecule has 37 heavy (non-hydrogen) atoms. The molecule has 2 amide bonds. The van der Waals surface area contributed by atoms with Crippen LogP contribution in [0.5, 0.6) is 0 Å². The average molecular weight is 542 g/mol. The Balaban J connectivity index is 2.06. The smallest absolute Gasteiger partial charge is 0.264 e. The molecule has 1 N–H and O–H groups in total. The molecule has 1 atom stereocenters. The minimum atomic E-state index is -4.12. The summed E-state index contributed by atoms with van der Waals surface area (Å²) in [5.74, 6) is -0.789. The molecule has 3 aromatic carbocycles. The Morgan fingerprint density at radius 2 is 1.57 bits per heavy atom. The molecule has 9 heteroatoms. The summed E-state index contributed by atoms with van der Waals surface area (Å²) in [6.45, 7) is 5.52. The van der Waals surface area contributed by atoms with Crippen LogP contribution in [0.15, 0.2) is 83.8 Å². The molecule has 0 saturated heterocycles. The number of hydrogen-bond acceptors (Lipinski definition) is 4. The lowest BCUT2D eigenvalue weighted by molar-refractivity contribution is -0.140. The topological polar surface area (TPSA) is 86.8 Å². The summed E-state index contributed by atoms with van der Waals surface area (Å²) >= 11 is 6.34. The fourth-order valence-electron chi connectivity index (χ4n) is 3.98. The van der Waals surface area contributed by atoms with E-state index >= 15 is 0 Å². The van der Waals surface area contributed by atoms with E-state index in [0.717, 1.165) is 15.4 Å². The van der Waals surface area contributed by atoms with Crippen molar-refractivity contribution in [3.8, 4) is 0 Å². The Hall–Kier alpha value is -3.36. The molecule has 0 aromatic heterocycles. The molecule has 0 aliphatic heterocycles. The summed E-state index contributed by atoms with van der Waals surface area (Å²) in [7, 11) is -4.12. The monoisotopic (exact) mass is 541 g/mol. The summed E-state index contributed by atoms with van der Waals surface area (Å²) in [6, 6.07) is 21.3. The second kappa shape index (κ2) is 12.7. The molecule has 0 aliphatic carbocycles. The number of nitrogens with one attached hydrogen (secondary N) is 1. The van der Waals surface area contributed by atoms with Crippen molar-refractivity contribution in [3.63, 3.8) is 0 Å². The maximum atomic E-state index is 13.9. The van der Waals surface area contributed by atoms with E-state index in [0.29, 0.717) is 18.0 Å². The number of anilines is 1. The third-order valence-electron chi connectivity index (χ3n) is 5.99. The van der Waals surface area contributed by atoms with Crippen molar-refractivity contribution in [1.29, 1.82) is 0 Å². The van der Waals surface area contributed by atoms with Gasteiger partial charge < -0.3 is 10.2 Å². The molecule has 0 heterocycles. The van der Waals surface area contributed by atoms with E-state index in [-0.39, 0.29) is 23.0 Å². The zero-order chi connectivity index (χ0) is 27.0. The van der Waals surface area contributed by atoms with E-state index < -0.39 is 28.5 Å². The molecular weight excluding hydrogens is 510 g/mol. The summed E-state index contributed by atoms with van der Waals surface area (Å²) in [5.41, 5.74) is 1.87. The third-order valence-corrected chi connectivity index (χ3v) is 8.18. The summed E-state index contributed by atoms with van der Waals surface area (Å²) < 4.78 is 28.6. The van der Waals surface area contributed by atoms with Crippen molar-refractivity contribution in [2.24, 2.45) is 0 Å². The maximum Gasteiger partial charge on any atom is 0.264 e. The van der Waals surface area contributed by atoms with Gasteiger partial charge in [-0.25, -0.2) is 8.42 Å². The number of amides is 2. The minimum absolute atomic E-state index is 0.0462. The van der Waals surface area contributed by atoms with Gasteiger partial charge in [-0.1, -0.05) is 73.1 Å². The SMILES string of the molecule is CCNC(=O)C(CC)N(Cc1ccccc1)C(=O)CN(c1ccc(C)c(Cl)c1)S(=O)(=O)c1ccccc1. The highest BCUT2D eigenvalue weighted by atomic mass is 35.5. The summed E-state index contributed by atoms with van der Waals surface area (Å²) in [4.78, 5) is 28.3. The van der Waals surface area contributed by atoms with E-state index in [4.69, 9.17) is 11.6 Å². The first-order valence-electron chi connectivity index (χ1n) is 12.1. The highest BCUT2D eigenvalue weighted by molar-refractivity contribution is 7.92. The lowest BCUT2D eigenvalue weighted by Gasteiger charge is -2.33. The second-order valence-corrected chi connectivity index (χ2v) is 10.9. The zero-order valence-corrected chi connectivity index (χ0v) is 22.8. The predicted octanol–water partition coefficient (Wildman–Crippen LogP) is 4.79. The van der Waals surface area contributed by atoms with Crippen LogP contribution in [0, 0.1) is 6.92 Å². The average Bonchev–Trinajstić information content (AvgIpc) is 2.90. The summed E-state index contributed by atoms with van der Waals surface area (Å²) in [5, 5.41) is 3.17. The molecule has 7 nitrogen and oxygen atoms in total. The van der Waals surface area contributed by atoms with Crippen molar-refractivity contribution < 1.29 is 18.0 Å². The highest BCUT2D eigenvalue weighted by Gasteiger charge is 2.33. The highest BCUT2D eigenvalue weighted by Crippen LogP contribution is 2.28. The maximum absolute atomic E-state index is 13.9. The quantitative estimate of drug-likeness (QED) is 0.378. The van der Waals surface area contributed by atoms with Gasteiger partial charge in [0, 0.05) is 18.1 Å². The third kappa shape index (κ3) is 6.90. The molecule has 3 rings (SSSR count). The number of aryl methyl sites for hydroxylation is 1. The second-order valence-electron chi connectivity index (χ2n) is 8.58. The molecular formula is C28H32ClN3O4S. The number of halogens is 1. The number of likely N-dealkylation sites (N-methyl/N-ethyl adjacent to an activating group) is 1. The van der Waals surface area contributed by atoms with Gasteiger partial charge in [0.25, 0.3) is 10.0 Å². The van der Waals surface area contributed by atoms with E-state index in [1.54, 1.807) is 30.3 Å². The van der Waals surface area contributed by atoms with Gasteiger partial charge in [0.1, 0.15) is 12.6 Å². The lowest BCUT2D eigenvalue weighted by Crippen LogP contribution is -2.52. The Labute approximate surface area is 224 Å². The number of sulfonamides is 1. The lowest BCUT2D eigenvalue weighted by atomic mass is 10.1. The molecule has 0 fully saturated rings. The van der Waals surface area contributed by atoms with Crippen LogP contribution in [-0.2, 0) is 26.2 Å². The van der Waals surface area contributed by atoms with E-state index in [9.17, 15) is 18.0 Å². The van der Waals surface area contributed by atoms with Crippen LogP contribution in [-0.4, -0.2) is 44.3 Å². The molecule has 0 spiro atoms.